The van der Waals surface area contributed by atoms with Gasteiger partial charge in [-0.15, -0.1) is 0 Å². The molecule has 0 aliphatic rings. The summed E-state index contributed by atoms with van der Waals surface area (Å²) in [6, 6.07) is 13.8. The molecule has 0 aliphatic carbocycles. The van der Waals surface area contributed by atoms with Gasteiger partial charge in [0, 0.05) is 35.1 Å². The highest BCUT2D eigenvalue weighted by atomic mass is 32.2. The smallest absolute Gasteiger partial charge is 0.264 e. The molecule has 1 unspecified atom stereocenters. The quantitative estimate of drug-likeness (QED) is 0.147. The fourth-order valence-corrected chi connectivity index (χ4v) is 5.50. The van der Waals surface area contributed by atoms with Crippen molar-refractivity contribution in [1.29, 1.82) is 0 Å². The summed E-state index contributed by atoms with van der Waals surface area (Å²) in [7, 11) is -1.92. The number of aromatic hydroxyl groups is 1. The molecule has 2 aromatic carbocycles. The zero-order valence-electron chi connectivity index (χ0n) is 22.3. The van der Waals surface area contributed by atoms with Crippen LogP contribution in [-0.4, -0.2) is 28.4 Å². The Balaban J connectivity index is 1.75. The Morgan fingerprint density at radius 2 is 1.86 bits per heavy atom. The minimum absolute atomic E-state index is 0.189. The molecule has 37 heavy (non-hydrogen) atoms. The predicted molar refractivity (Wildman–Crippen MR) is 155 cm³/mol. The van der Waals surface area contributed by atoms with Gasteiger partial charge < -0.3 is 9.67 Å². The van der Waals surface area contributed by atoms with Gasteiger partial charge in [-0.3, -0.25) is 4.55 Å². The fraction of sp³-hybridized carbons (Fsp3) is 0.355. The number of aromatic nitrogens is 1. The summed E-state index contributed by atoms with van der Waals surface area (Å²) < 4.78 is 33.2. The molecule has 2 N–H and O–H groups in total. The van der Waals surface area contributed by atoms with Crippen molar-refractivity contribution in [3.8, 4) is 5.75 Å². The number of allylic oxidation sites excluding steroid dienone is 4. The van der Waals surface area contributed by atoms with Crippen molar-refractivity contribution >= 4 is 27.1 Å². The highest BCUT2D eigenvalue weighted by Crippen LogP contribution is 2.39. The van der Waals surface area contributed by atoms with Crippen molar-refractivity contribution in [3.05, 3.63) is 95.7 Å². The third kappa shape index (κ3) is 7.24. The van der Waals surface area contributed by atoms with Crippen LogP contribution >= 0.6 is 0 Å². The molecule has 1 aromatic heterocycles. The van der Waals surface area contributed by atoms with Crippen LogP contribution in [0.2, 0.25) is 0 Å². The van der Waals surface area contributed by atoms with E-state index >= 15 is 0 Å². The zero-order chi connectivity index (χ0) is 27.2. The number of benzene rings is 2. The van der Waals surface area contributed by atoms with E-state index in [2.05, 4.69) is 51.6 Å². The van der Waals surface area contributed by atoms with Crippen LogP contribution in [0, 0.1) is 0 Å². The first-order valence-corrected chi connectivity index (χ1v) is 14.4. The molecule has 0 spiro atoms. The van der Waals surface area contributed by atoms with Gasteiger partial charge in [0.05, 0.1) is 5.75 Å². The zero-order valence-corrected chi connectivity index (χ0v) is 23.1. The summed E-state index contributed by atoms with van der Waals surface area (Å²) in [6.07, 6.45) is 13.1. The SMILES string of the molecule is C=C(C=CC=Cc1cn(C)c2ccc(O)cc12)C(C)(C)c1ccccc1C(CC)CCCCS(=O)(=O)O. The van der Waals surface area contributed by atoms with Gasteiger partial charge in [0.2, 0.25) is 0 Å². The molecule has 0 saturated carbocycles. The molecule has 3 aromatic rings. The molecule has 0 fully saturated rings. The van der Waals surface area contributed by atoms with E-state index in [1.54, 1.807) is 12.1 Å². The van der Waals surface area contributed by atoms with E-state index in [4.69, 9.17) is 4.55 Å². The maximum atomic E-state index is 11.1. The van der Waals surface area contributed by atoms with Gasteiger partial charge in [-0.05, 0) is 60.1 Å². The average molecular weight is 522 g/mol. The minimum atomic E-state index is -3.91. The summed E-state index contributed by atoms with van der Waals surface area (Å²) >= 11 is 0. The van der Waals surface area contributed by atoms with E-state index in [0.717, 1.165) is 41.3 Å². The summed E-state index contributed by atoms with van der Waals surface area (Å²) in [4.78, 5) is 0. The highest BCUT2D eigenvalue weighted by molar-refractivity contribution is 7.85. The number of fused-ring (bicyclic) bond motifs is 1. The fourth-order valence-electron chi connectivity index (χ4n) is 4.93. The van der Waals surface area contributed by atoms with Crippen LogP contribution in [0.25, 0.3) is 17.0 Å². The van der Waals surface area contributed by atoms with Gasteiger partial charge in [-0.1, -0.05) is 82.3 Å². The number of nitrogens with zero attached hydrogens (tertiary/aromatic N) is 1. The number of phenols is 1. The van der Waals surface area contributed by atoms with Crippen molar-refractivity contribution < 1.29 is 18.1 Å². The van der Waals surface area contributed by atoms with Gasteiger partial charge in [0.25, 0.3) is 10.1 Å². The van der Waals surface area contributed by atoms with Crippen LogP contribution in [0.1, 0.15) is 69.1 Å². The van der Waals surface area contributed by atoms with Crippen LogP contribution in [-0.2, 0) is 22.6 Å². The Bertz CT molecular complexity index is 1410. The van der Waals surface area contributed by atoms with Crippen molar-refractivity contribution in [2.24, 2.45) is 7.05 Å². The van der Waals surface area contributed by atoms with E-state index < -0.39 is 10.1 Å². The molecule has 198 valence electrons. The molecule has 0 saturated heterocycles. The lowest BCUT2D eigenvalue weighted by Crippen LogP contribution is -2.22. The second-order valence-corrected chi connectivity index (χ2v) is 11.8. The van der Waals surface area contributed by atoms with E-state index in [9.17, 15) is 13.5 Å². The maximum absolute atomic E-state index is 11.1. The van der Waals surface area contributed by atoms with Crippen LogP contribution < -0.4 is 0 Å². The Kier molecular flexibility index (Phi) is 9.21. The molecule has 6 heteroatoms. The number of rotatable bonds is 12. The van der Waals surface area contributed by atoms with Gasteiger partial charge >= 0.3 is 0 Å². The van der Waals surface area contributed by atoms with Crippen molar-refractivity contribution in [3.63, 3.8) is 0 Å². The molecule has 1 heterocycles. The Labute approximate surface area is 221 Å². The lowest BCUT2D eigenvalue weighted by atomic mass is 9.73. The Morgan fingerprint density at radius 1 is 1.14 bits per heavy atom. The molecule has 3 rings (SSSR count). The molecular weight excluding hydrogens is 482 g/mol. The lowest BCUT2D eigenvalue weighted by Gasteiger charge is -2.31. The first-order chi connectivity index (χ1) is 17.4. The number of hydrogen-bond acceptors (Lipinski definition) is 3. The molecule has 1 atom stereocenters. The summed E-state index contributed by atoms with van der Waals surface area (Å²) in [5.41, 5.74) is 5.28. The van der Waals surface area contributed by atoms with Gasteiger partial charge in [0.1, 0.15) is 5.75 Å². The molecular formula is C31H39NO4S. The molecule has 0 bridgehead atoms. The third-order valence-electron chi connectivity index (χ3n) is 7.26. The Morgan fingerprint density at radius 3 is 2.57 bits per heavy atom. The van der Waals surface area contributed by atoms with Gasteiger partial charge in [-0.25, -0.2) is 0 Å². The standard InChI is InChI=1S/C31H39NO4S/c1-6-24(14-11-12-20-37(34,35)36)27-16-9-10-17-29(27)31(3,4)23(2)13-7-8-15-25-22-32(5)30-19-18-26(33)21-28(25)30/h7-10,13,15-19,21-22,24,33H,2,6,11-12,14,20H2,1,3-5H3,(H,34,35,36). The van der Waals surface area contributed by atoms with Gasteiger partial charge in [-0.2, -0.15) is 8.42 Å². The Hall–Kier alpha value is -3.09. The second kappa shape index (κ2) is 12.0. The first kappa shape index (κ1) is 28.5. The molecule has 0 aliphatic heterocycles. The maximum Gasteiger partial charge on any atom is 0.264 e. The summed E-state index contributed by atoms with van der Waals surface area (Å²) in [5.74, 6) is 0.365. The summed E-state index contributed by atoms with van der Waals surface area (Å²) in [6.45, 7) is 10.9. The van der Waals surface area contributed by atoms with Crippen LogP contribution in [0.3, 0.4) is 0 Å². The molecule has 0 radical (unpaired) electrons. The monoisotopic (exact) mass is 521 g/mol. The largest absolute Gasteiger partial charge is 0.508 e. The van der Waals surface area contributed by atoms with Crippen molar-refractivity contribution in [2.45, 2.75) is 57.8 Å². The van der Waals surface area contributed by atoms with E-state index in [0.29, 0.717) is 12.3 Å². The number of hydrogen-bond donors (Lipinski definition) is 2. The molecule has 0 amide bonds. The van der Waals surface area contributed by atoms with Gasteiger partial charge in [0.15, 0.2) is 0 Å². The summed E-state index contributed by atoms with van der Waals surface area (Å²) in [5, 5.41) is 10.9. The number of aryl methyl sites for hydroxylation is 1. The lowest BCUT2D eigenvalue weighted by molar-refractivity contribution is 0.475. The first-order valence-electron chi connectivity index (χ1n) is 12.8. The number of unbranched alkanes of at least 4 members (excludes halogenated alkanes) is 1. The normalized spacial score (nSPS) is 13.6. The average Bonchev–Trinajstić information content (AvgIpc) is 3.15. The molecule has 5 nitrogen and oxygen atoms in total. The third-order valence-corrected chi connectivity index (χ3v) is 8.07. The topological polar surface area (TPSA) is 79.5 Å². The minimum Gasteiger partial charge on any atom is -0.508 e. The highest BCUT2D eigenvalue weighted by Gasteiger charge is 2.27. The van der Waals surface area contributed by atoms with Crippen LogP contribution in [0.4, 0.5) is 0 Å². The second-order valence-electron chi connectivity index (χ2n) is 10.2. The number of phenolic OH excluding ortho intramolecular Hbond substituents is 1. The van der Waals surface area contributed by atoms with Crippen molar-refractivity contribution in [2.75, 3.05) is 5.75 Å². The van der Waals surface area contributed by atoms with E-state index in [-0.39, 0.29) is 16.9 Å². The van der Waals surface area contributed by atoms with Crippen molar-refractivity contribution in [1.82, 2.24) is 4.57 Å². The predicted octanol–water partition coefficient (Wildman–Crippen LogP) is 7.54. The van der Waals surface area contributed by atoms with E-state index in [1.165, 1.54) is 11.1 Å². The van der Waals surface area contributed by atoms with E-state index in [1.807, 2.05) is 48.2 Å². The van der Waals surface area contributed by atoms with Crippen LogP contribution in [0.15, 0.2) is 79.0 Å². The van der Waals surface area contributed by atoms with Crippen LogP contribution in [0.5, 0.6) is 5.75 Å².